The van der Waals surface area contributed by atoms with E-state index in [1.807, 2.05) is 0 Å². The van der Waals surface area contributed by atoms with E-state index in [1.54, 1.807) is 0 Å². The molecular formula is C13H12F7NO. The van der Waals surface area contributed by atoms with E-state index >= 15 is 0 Å². The van der Waals surface area contributed by atoms with Crippen LogP contribution in [0.4, 0.5) is 30.7 Å². The van der Waals surface area contributed by atoms with Gasteiger partial charge in [0.15, 0.2) is 11.6 Å². The normalized spacial score (nSPS) is 23.8. The number of halogens is 7. The number of nitrogens with two attached hydrogens (primary N) is 1. The summed E-state index contributed by atoms with van der Waals surface area (Å²) < 4.78 is 90.2. The highest BCUT2D eigenvalue weighted by Crippen LogP contribution is 2.48. The molecule has 1 aromatic rings. The molecule has 0 radical (unpaired) electrons. The maximum atomic E-state index is 13.5. The lowest BCUT2D eigenvalue weighted by Gasteiger charge is -2.40. The van der Waals surface area contributed by atoms with Crippen LogP contribution in [0.1, 0.15) is 24.4 Å². The van der Waals surface area contributed by atoms with Crippen LogP contribution in [0.5, 0.6) is 5.75 Å². The molecule has 124 valence electrons. The van der Waals surface area contributed by atoms with E-state index in [0.29, 0.717) is 0 Å². The van der Waals surface area contributed by atoms with E-state index in [0.717, 1.165) is 18.2 Å². The lowest BCUT2D eigenvalue weighted by atomic mass is 9.69. The van der Waals surface area contributed by atoms with E-state index in [2.05, 4.69) is 4.74 Å². The Bertz CT molecular complexity index is 534. The minimum Gasteiger partial charge on any atom is -0.403 e. The fraction of sp³-hybridized carbons (Fsp3) is 0.538. The van der Waals surface area contributed by atoms with Gasteiger partial charge in [-0.3, -0.25) is 0 Å². The first-order valence-corrected chi connectivity index (χ1v) is 6.35. The summed E-state index contributed by atoms with van der Waals surface area (Å²) in [5.74, 6) is -4.19. The van der Waals surface area contributed by atoms with Crippen LogP contribution in [0.2, 0.25) is 0 Å². The molecule has 2 rings (SSSR count). The highest BCUT2D eigenvalue weighted by atomic mass is 19.4. The molecule has 2 N–H and O–H groups in total. The summed E-state index contributed by atoms with van der Waals surface area (Å²) in [6, 6.07) is 1.77. The Balaban J connectivity index is 2.03. The summed E-state index contributed by atoms with van der Waals surface area (Å²) in [5.41, 5.74) is 5.89. The molecule has 1 atom stereocenters. The average molecular weight is 331 g/mol. The molecule has 0 amide bonds. The third kappa shape index (κ3) is 3.82. The van der Waals surface area contributed by atoms with Crippen molar-refractivity contribution in [2.45, 2.75) is 31.4 Å². The van der Waals surface area contributed by atoms with Gasteiger partial charge in [-0.05, 0) is 36.5 Å². The van der Waals surface area contributed by atoms with Crippen LogP contribution in [-0.4, -0.2) is 12.5 Å². The van der Waals surface area contributed by atoms with Crippen LogP contribution in [0.15, 0.2) is 18.2 Å². The van der Waals surface area contributed by atoms with Crippen LogP contribution in [0.3, 0.4) is 0 Å². The largest absolute Gasteiger partial charge is 0.573 e. The van der Waals surface area contributed by atoms with Crippen molar-refractivity contribution >= 4 is 0 Å². The third-order valence-electron chi connectivity index (χ3n) is 3.71. The van der Waals surface area contributed by atoms with Gasteiger partial charge in [-0.1, -0.05) is 6.07 Å². The minimum absolute atomic E-state index is 0.137. The van der Waals surface area contributed by atoms with Crippen molar-refractivity contribution in [3.05, 3.63) is 29.6 Å². The van der Waals surface area contributed by atoms with E-state index in [-0.39, 0.29) is 18.4 Å². The molecule has 0 aromatic heterocycles. The topological polar surface area (TPSA) is 35.2 Å². The first kappa shape index (κ1) is 16.9. The number of rotatable bonds is 3. The number of hydrogen-bond donors (Lipinski definition) is 1. The summed E-state index contributed by atoms with van der Waals surface area (Å²) in [5, 5.41) is 0. The van der Waals surface area contributed by atoms with Crippen molar-refractivity contribution in [1.82, 2.24) is 0 Å². The zero-order chi connectivity index (χ0) is 16.7. The number of benzene rings is 1. The Morgan fingerprint density at radius 3 is 2.14 bits per heavy atom. The van der Waals surface area contributed by atoms with Crippen molar-refractivity contribution in [3.8, 4) is 5.75 Å². The van der Waals surface area contributed by atoms with Crippen molar-refractivity contribution < 1.29 is 35.5 Å². The van der Waals surface area contributed by atoms with Crippen LogP contribution in [0, 0.1) is 17.7 Å². The summed E-state index contributed by atoms with van der Waals surface area (Å²) in [6.07, 6.45) is -9.66. The Morgan fingerprint density at radius 1 is 1.09 bits per heavy atom. The Labute approximate surface area is 121 Å². The van der Waals surface area contributed by atoms with Crippen molar-refractivity contribution in [2.24, 2.45) is 17.6 Å². The number of ether oxygens (including phenoxy) is 1. The van der Waals surface area contributed by atoms with Gasteiger partial charge in [0, 0.05) is 6.04 Å². The lowest BCUT2D eigenvalue weighted by Crippen LogP contribution is -2.40. The SMILES string of the molecule is NC(c1ccc(OC(F)(F)F)c(F)c1)C1CC(C(F)(F)F)C1. The smallest absolute Gasteiger partial charge is 0.403 e. The van der Waals surface area contributed by atoms with Gasteiger partial charge in [-0.2, -0.15) is 13.2 Å². The van der Waals surface area contributed by atoms with E-state index < -0.39 is 42.0 Å². The molecule has 1 unspecified atom stereocenters. The molecule has 0 aliphatic heterocycles. The van der Waals surface area contributed by atoms with Gasteiger partial charge in [-0.15, -0.1) is 13.2 Å². The van der Waals surface area contributed by atoms with E-state index in [4.69, 9.17) is 5.73 Å². The summed E-state index contributed by atoms with van der Waals surface area (Å²) >= 11 is 0. The van der Waals surface area contributed by atoms with Gasteiger partial charge in [-0.25, -0.2) is 4.39 Å². The molecule has 1 saturated carbocycles. The Kier molecular flexibility index (Phi) is 4.29. The molecule has 0 saturated heterocycles. The standard InChI is InChI=1S/C13H12F7NO/c14-9-5-6(1-2-10(9)22-13(18,19)20)11(21)7-3-8(4-7)12(15,16)17/h1-2,5,7-8,11H,3-4,21H2. The monoisotopic (exact) mass is 331 g/mol. The van der Waals surface area contributed by atoms with Crippen LogP contribution < -0.4 is 10.5 Å². The summed E-state index contributed by atoms with van der Waals surface area (Å²) in [6.45, 7) is 0. The van der Waals surface area contributed by atoms with Crippen LogP contribution >= 0.6 is 0 Å². The van der Waals surface area contributed by atoms with Crippen molar-refractivity contribution in [3.63, 3.8) is 0 Å². The van der Waals surface area contributed by atoms with Gasteiger partial charge in [0.05, 0.1) is 5.92 Å². The fourth-order valence-corrected chi connectivity index (χ4v) is 2.43. The molecule has 1 aromatic carbocycles. The van der Waals surface area contributed by atoms with Crippen molar-refractivity contribution in [2.75, 3.05) is 0 Å². The molecule has 1 fully saturated rings. The van der Waals surface area contributed by atoms with Gasteiger partial charge in [0.25, 0.3) is 0 Å². The molecule has 1 aliphatic rings. The predicted molar refractivity (Wildman–Crippen MR) is 62.3 cm³/mol. The van der Waals surface area contributed by atoms with Crippen LogP contribution in [-0.2, 0) is 0 Å². The number of hydrogen-bond acceptors (Lipinski definition) is 2. The Hall–Kier alpha value is -1.51. The van der Waals surface area contributed by atoms with Gasteiger partial charge < -0.3 is 10.5 Å². The van der Waals surface area contributed by atoms with Crippen LogP contribution in [0.25, 0.3) is 0 Å². The highest BCUT2D eigenvalue weighted by molar-refractivity contribution is 5.31. The zero-order valence-electron chi connectivity index (χ0n) is 11.0. The quantitative estimate of drug-likeness (QED) is 0.838. The second kappa shape index (κ2) is 5.60. The molecule has 1 aliphatic carbocycles. The van der Waals surface area contributed by atoms with Gasteiger partial charge >= 0.3 is 12.5 Å². The summed E-state index contributed by atoms with van der Waals surface area (Å²) in [4.78, 5) is 0. The third-order valence-corrected chi connectivity index (χ3v) is 3.71. The Morgan fingerprint density at radius 2 is 1.68 bits per heavy atom. The van der Waals surface area contributed by atoms with Gasteiger partial charge in [0.1, 0.15) is 0 Å². The second-order valence-corrected chi connectivity index (χ2v) is 5.23. The molecule has 0 bridgehead atoms. The fourth-order valence-electron chi connectivity index (χ4n) is 2.43. The zero-order valence-corrected chi connectivity index (χ0v) is 11.0. The molecule has 2 nitrogen and oxygen atoms in total. The van der Waals surface area contributed by atoms with E-state index in [9.17, 15) is 30.7 Å². The molecular weight excluding hydrogens is 319 g/mol. The minimum atomic E-state index is -5.03. The summed E-state index contributed by atoms with van der Waals surface area (Å²) in [7, 11) is 0. The molecule has 0 spiro atoms. The maximum Gasteiger partial charge on any atom is 0.573 e. The van der Waals surface area contributed by atoms with Gasteiger partial charge in [0.2, 0.25) is 0 Å². The first-order valence-electron chi connectivity index (χ1n) is 6.35. The second-order valence-electron chi connectivity index (χ2n) is 5.23. The average Bonchev–Trinajstić information content (AvgIpc) is 2.26. The highest BCUT2D eigenvalue weighted by Gasteiger charge is 2.49. The maximum absolute atomic E-state index is 13.5. The van der Waals surface area contributed by atoms with E-state index in [1.165, 1.54) is 0 Å². The molecule has 0 heterocycles. The lowest BCUT2D eigenvalue weighted by molar-refractivity contribution is -0.275. The molecule has 22 heavy (non-hydrogen) atoms. The van der Waals surface area contributed by atoms with Crippen molar-refractivity contribution in [1.29, 1.82) is 0 Å². The molecule has 9 heteroatoms. The predicted octanol–water partition coefficient (Wildman–Crippen LogP) is 4.31. The number of alkyl halides is 6. The first-order chi connectivity index (χ1) is 9.97.